The molecule has 4 atom stereocenters. The fraction of sp³-hybridized carbons (Fsp3) is 0.565. The van der Waals surface area contributed by atoms with E-state index in [1.807, 2.05) is 0 Å². The zero-order valence-corrected chi connectivity index (χ0v) is 33.2. The van der Waals surface area contributed by atoms with Crippen molar-refractivity contribution in [2.45, 2.75) is 128 Å². The van der Waals surface area contributed by atoms with Gasteiger partial charge >= 0.3 is 0 Å². The topological polar surface area (TPSA) is 3.24 Å². The fourth-order valence-electron chi connectivity index (χ4n) is 12.0. The molecule has 2 fully saturated rings. The van der Waals surface area contributed by atoms with Crippen LogP contribution in [0.4, 0.5) is 0 Å². The molecule has 0 heterocycles. The largest absolute Gasteiger partial charge is 0.258 e. The van der Waals surface area contributed by atoms with Gasteiger partial charge in [0.25, 0.3) is 0 Å². The van der Waals surface area contributed by atoms with Crippen molar-refractivity contribution in [1.29, 1.82) is 0 Å². The molecule has 3 heteroatoms. The summed E-state index contributed by atoms with van der Waals surface area (Å²) in [6.07, 6.45) is 21.7. The lowest BCUT2D eigenvalue weighted by atomic mass is 9.68. The van der Waals surface area contributed by atoms with Gasteiger partial charge in [0.1, 0.15) is 0 Å². The maximum absolute atomic E-state index is 3.11. The molecule has 0 radical (unpaired) electrons. The molecule has 0 saturated heterocycles. The van der Waals surface area contributed by atoms with Crippen LogP contribution in [-0.2, 0) is 5.41 Å². The van der Waals surface area contributed by atoms with E-state index in [1.54, 1.807) is 22.3 Å². The Hall–Kier alpha value is -2.46. The number of allylic oxidation sites excluding steroid dienone is 4. The van der Waals surface area contributed by atoms with E-state index in [2.05, 4.69) is 132 Å². The number of benzene rings is 3. The zero-order valence-electron chi connectivity index (χ0n) is 32.2. The van der Waals surface area contributed by atoms with Crippen LogP contribution >= 0.6 is 0 Å². The molecule has 4 aliphatic carbocycles. The van der Waals surface area contributed by atoms with Gasteiger partial charge in [0.2, 0.25) is 0 Å². The predicted octanol–water partition coefficient (Wildman–Crippen LogP) is 12.6. The Kier molecular flexibility index (Phi) is 9.69. The van der Waals surface area contributed by atoms with Gasteiger partial charge in [-0.2, -0.15) is 4.67 Å². The molecule has 2 nitrogen and oxygen atoms in total. The summed E-state index contributed by atoms with van der Waals surface area (Å²) in [6.45, 7) is 13.0. The molecule has 0 bridgehead atoms. The standard InChI is InChI=1S/C46H65N2Si/c1-9-11-27-46(28-12-10-2)43-31-35(39-24-18-20-34-19-16-17-23-38(34)39)25-26-40(43)42-30-36-29-33(3)45(41(36)32-44(42)46)49(7,8)47(48(4,5)6)37-21-14-13-15-22-37/h16-20,23-26,30-33,36-37,41,45H,9-15,21-22,27-29H2,1-8H3/q+1. The molecule has 0 aromatic heterocycles. The molecule has 3 aromatic carbocycles. The number of nitrogens with zero attached hydrogens (tertiary/aromatic N) is 2. The van der Waals surface area contributed by atoms with Crippen molar-refractivity contribution in [3.63, 3.8) is 0 Å². The van der Waals surface area contributed by atoms with E-state index in [0.717, 1.165) is 22.1 Å². The van der Waals surface area contributed by atoms with Crippen LogP contribution in [0.3, 0.4) is 0 Å². The van der Waals surface area contributed by atoms with Crippen molar-refractivity contribution in [2.75, 3.05) is 21.1 Å². The Morgan fingerprint density at radius 1 is 0.816 bits per heavy atom. The Morgan fingerprint density at radius 2 is 1.51 bits per heavy atom. The normalized spacial score (nSPS) is 25.2. The summed E-state index contributed by atoms with van der Waals surface area (Å²) in [7, 11) is 5.55. The molecule has 0 aliphatic heterocycles. The smallest absolute Gasteiger partial charge is 0.191 e. The van der Waals surface area contributed by atoms with Crippen LogP contribution in [0.15, 0.2) is 78.4 Å². The van der Waals surface area contributed by atoms with E-state index < -0.39 is 8.24 Å². The molecule has 7 rings (SSSR count). The second-order valence-corrected chi connectivity index (χ2v) is 22.4. The van der Waals surface area contributed by atoms with Crippen LogP contribution in [0, 0.1) is 17.8 Å². The van der Waals surface area contributed by atoms with Crippen molar-refractivity contribution in [3.05, 3.63) is 89.5 Å². The molecular weight excluding hydrogens is 609 g/mol. The Bertz CT molecular complexity index is 1700. The lowest BCUT2D eigenvalue weighted by Gasteiger charge is -2.54. The van der Waals surface area contributed by atoms with Crippen LogP contribution in [-0.4, -0.2) is 44.7 Å². The van der Waals surface area contributed by atoms with Gasteiger partial charge in [-0.15, -0.1) is 0 Å². The van der Waals surface area contributed by atoms with E-state index in [4.69, 9.17) is 0 Å². The summed E-state index contributed by atoms with van der Waals surface area (Å²) in [5.41, 5.74) is 10.2. The quantitative estimate of drug-likeness (QED) is 0.111. The molecule has 262 valence electrons. The van der Waals surface area contributed by atoms with E-state index in [1.165, 1.54) is 98.9 Å². The number of quaternary nitrogens is 1. The first-order valence-electron chi connectivity index (χ1n) is 20.2. The monoisotopic (exact) mass is 673 g/mol. The molecule has 49 heavy (non-hydrogen) atoms. The second-order valence-electron chi connectivity index (χ2n) is 17.9. The summed E-state index contributed by atoms with van der Waals surface area (Å²) >= 11 is 0. The van der Waals surface area contributed by atoms with E-state index in [0.29, 0.717) is 11.8 Å². The van der Waals surface area contributed by atoms with Gasteiger partial charge in [-0.05, 0) is 106 Å². The van der Waals surface area contributed by atoms with Crippen molar-refractivity contribution in [1.82, 2.24) is 4.67 Å². The minimum atomic E-state index is -1.86. The Labute approximate surface area is 300 Å². The highest BCUT2D eigenvalue weighted by Gasteiger charge is 2.58. The van der Waals surface area contributed by atoms with Gasteiger partial charge in [-0.3, -0.25) is 4.59 Å². The van der Waals surface area contributed by atoms with Crippen LogP contribution in [0.5, 0.6) is 0 Å². The summed E-state index contributed by atoms with van der Waals surface area (Å²) in [4.78, 5) is 0. The summed E-state index contributed by atoms with van der Waals surface area (Å²) in [5, 5.41) is 2.70. The third kappa shape index (κ3) is 6.04. The first kappa shape index (κ1) is 35.0. The summed E-state index contributed by atoms with van der Waals surface area (Å²) in [6, 6.07) is 24.2. The van der Waals surface area contributed by atoms with Gasteiger partial charge in [0.15, 0.2) is 8.24 Å². The van der Waals surface area contributed by atoms with Gasteiger partial charge < -0.3 is 0 Å². The fourth-order valence-corrected chi connectivity index (χ4v) is 17.9. The molecule has 0 amide bonds. The molecular formula is C46H65N2Si+. The van der Waals surface area contributed by atoms with Crippen LogP contribution in [0.1, 0.15) is 109 Å². The molecule has 3 aromatic rings. The van der Waals surface area contributed by atoms with Crippen molar-refractivity contribution in [3.8, 4) is 11.1 Å². The highest BCUT2D eigenvalue weighted by atomic mass is 28.3. The number of unbranched alkanes of at least 4 members (excludes halogenated alkanes) is 2. The number of rotatable bonds is 11. The van der Waals surface area contributed by atoms with E-state index in [-0.39, 0.29) is 5.41 Å². The average Bonchev–Trinajstić information content (AvgIpc) is 3.55. The van der Waals surface area contributed by atoms with Crippen molar-refractivity contribution >= 4 is 24.6 Å². The molecule has 4 unspecified atom stereocenters. The first-order chi connectivity index (χ1) is 23.5. The minimum Gasteiger partial charge on any atom is -0.258 e. The maximum Gasteiger partial charge on any atom is 0.191 e. The molecule has 0 spiro atoms. The van der Waals surface area contributed by atoms with Crippen molar-refractivity contribution in [2.24, 2.45) is 17.8 Å². The zero-order chi connectivity index (χ0) is 34.6. The predicted molar refractivity (Wildman–Crippen MR) is 215 cm³/mol. The lowest BCUT2D eigenvalue weighted by molar-refractivity contribution is -0.975. The summed E-state index contributed by atoms with van der Waals surface area (Å²) < 4.78 is 4.09. The third-order valence-electron chi connectivity index (χ3n) is 13.5. The molecule has 2 saturated carbocycles. The Morgan fingerprint density at radius 3 is 2.20 bits per heavy atom. The minimum absolute atomic E-state index is 0.115. The number of hydrogen-bond acceptors (Lipinski definition) is 1. The Balaban J connectivity index is 1.36. The average molecular weight is 674 g/mol. The number of fused-ring (bicyclic) bond motifs is 5. The lowest BCUT2D eigenvalue weighted by Crippen LogP contribution is -2.69. The van der Waals surface area contributed by atoms with Gasteiger partial charge in [0, 0.05) is 11.5 Å². The van der Waals surface area contributed by atoms with Crippen LogP contribution in [0.25, 0.3) is 27.5 Å². The third-order valence-corrected chi connectivity index (χ3v) is 18.3. The first-order valence-corrected chi connectivity index (χ1v) is 23.2. The molecule has 0 N–H and O–H groups in total. The highest BCUT2D eigenvalue weighted by molar-refractivity contribution is 6.76. The van der Waals surface area contributed by atoms with E-state index in [9.17, 15) is 0 Å². The van der Waals surface area contributed by atoms with Crippen LogP contribution < -0.4 is 0 Å². The van der Waals surface area contributed by atoms with Gasteiger partial charge in [0.05, 0.1) is 21.1 Å². The number of hydrogen-bond donors (Lipinski definition) is 0. The van der Waals surface area contributed by atoms with Gasteiger partial charge in [-0.25, -0.2) is 0 Å². The highest BCUT2D eigenvalue weighted by Crippen LogP contribution is 2.63. The van der Waals surface area contributed by atoms with E-state index >= 15 is 0 Å². The second kappa shape index (κ2) is 13.6. The van der Waals surface area contributed by atoms with Crippen molar-refractivity contribution < 1.29 is 4.59 Å². The SMILES string of the molecule is CCCCC1(CCCC)C2=CC3C(C=C2c2ccc(-c4cccc5ccccc45)cc21)CC(C)C3[Si](C)(C)N(C1CCCCC1)[N+](C)(C)C. The van der Waals surface area contributed by atoms with Gasteiger partial charge in [-0.1, -0.05) is 146 Å². The maximum atomic E-state index is 3.11. The molecule has 4 aliphatic rings. The summed E-state index contributed by atoms with van der Waals surface area (Å²) in [5.74, 6) is 2.07. The van der Waals surface area contributed by atoms with Crippen LogP contribution in [0.2, 0.25) is 18.6 Å².